The van der Waals surface area contributed by atoms with Gasteiger partial charge >= 0.3 is 0 Å². The van der Waals surface area contributed by atoms with E-state index in [1.54, 1.807) is 30.1 Å². The summed E-state index contributed by atoms with van der Waals surface area (Å²) in [6.45, 7) is 0.209. The van der Waals surface area contributed by atoms with Crippen LogP contribution in [0.5, 0.6) is 0 Å². The summed E-state index contributed by atoms with van der Waals surface area (Å²) in [5.41, 5.74) is 0.446. The highest BCUT2D eigenvalue weighted by atomic mass is 16.6. The smallest absolute Gasteiger partial charge is 0.273 e. The number of para-hydroxylation sites is 1. The third-order valence-corrected chi connectivity index (χ3v) is 4.55. The van der Waals surface area contributed by atoms with Gasteiger partial charge in [-0.3, -0.25) is 14.9 Å². The molecule has 0 spiro atoms. The van der Waals surface area contributed by atoms with E-state index in [2.05, 4.69) is 0 Å². The zero-order valence-electron chi connectivity index (χ0n) is 12.8. The third-order valence-electron chi connectivity index (χ3n) is 4.55. The molecule has 1 aliphatic rings. The number of rotatable bonds is 5. The molecule has 0 aromatic heterocycles. The zero-order chi connectivity index (χ0) is 16.1. The number of nitro groups is 1. The first-order valence-electron chi connectivity index (χ1n) is 7.61. The molecule has 1 amide bonds. The van der Waals surface area contributed by atoms with Crippen LogP contribution in [0.1, 0.15) is 31.2 Å². The summed E-state index contributed by atoms with van der Waals surface area (Å²) in [5, 5.41) is 20.2. The number of amides is 1. The van der Waals surface area contributed by atoms with Gasteiger partial charge in [-0.15, -0.1) is 0 Å². The molecule has 0 atom stereocenters. The van der Waals surface area contributed by atoms with Crippen molar-refractivity contribution in [2.45, 2.75) is 38.1 Å². The number of carbonyl (C=O) groups excluding carboxylic acids is 1. The highest BCUT2D eigenvalue weighted by molar-refractivity contribution is 5.80. The van der Waals surface area contributed by atoms with Gasteiger partial charge in [0.25, 0.3) is 5.69 Å². The number of aliphatic hydroxyl groups is 1. The second-order valence-electron chi connectivity index (χ2n) is 5.92. The van der Waals surface area contributed by atoms with Crippen molar-refractivity contribution in [2.24, 2.45) is 5.92 Å². The third kappa shape index (κ3) is 3.82. The maximum atomic E-state index is 12.4. The Labute approximate surface area is 129 Å². The van der Waals surface area contributed by atoms with Gasteiger partial charge in [0.05, 0.1) is 11.3 Å². The van der Waals surface area contributed by atoms with Crippen molar-refractivity contribution in [3.63, 3.8) is 0 Å². The molecule has 1 saturated carbocycles. The van der Waals surface area contributed by atoms with Crippen LogP contribution in [-0.4, -0.2) is 40.5 Å². The van der Waals surface area contributed by atoms with Gasteiger partial charge in [0.15, 0.2) is 0 Å². The number of hydrogen-bond acceptors (Lipinski definition) is 4. The van der Waals surface area contributed by atoms with Crippen LogP contribution in [0.15, 0.2) is 24.3 Å². The average Bonchev–Trinajstić information content (AvgIpc) is 2.54. The van der Waals surface area contributed by atoms with Crippen LogP contribution in [0, 0.1) is 16.0 Å². The van der Waals surface area contributed by atoms with E-state index in [1.807, 2.05) is 0 Å². The van der Waals surface area contributed by atoms with Crippen LogP contribution in [0.4, 0.5) is 5.69 Å². The lowest BCUT2D eigenvalue weighted by atomic mass is 9.86. The van der Waals surface area contributed by atoms with Crippen LogP contribution in [-0.2, 0) is 11.2 Å². The molecule has 0 radical (unpaired) electrons. The molecule has 6 heteroatoms. The number of aliphatic hydroxyl groups excluding tert-OH is 1. The molecule has 120 valence electrons. The molecule has 1 N–H and O–H groups in total. The molecule has 22 heavy (non-hydrogen) atoms. The summed E-state index contributed by atoms with van der Waals surface area (Å²) in [6.07, 6.45) is 3.65. The van der Waals surface area contributed by atoms with Gasteiger partial charge in [0.2, 0.25) is 5.91 Å². The number of nitrogens with zero attached hydrogens (tertiary/aromatic N) is 2. The van der Waals surface area contributed by atoms with E-state index in [1.165, 1.54) is 6.07 Å². The van der Waals surface area contributed by atoms with Gasteiger partial charge in [0.1, 0.15) is 0 Å². The van der Waals surface area contributed by atoms with Gasteiger partial charge in [-0.2, -0.15) is 0 Å². The SMILES string of the molecule is CN(C(=O)Cc1ccccc1[N+](=O)[O-])C1CCC(CO)CC1. The fourth-order valence-electron chi connectivity index (χ4n) is 3.04. The second kappa shape index (κ2) is 7.35. The van der Waals surface area contributed by atoms with E-state index in [0.717, 1.165) is 25.7 Å². The Kier molecular flexibility index (Phi) is 5.49. The van der Waals surface area contributed by atoms with Gasteiger partial charge < -0.3 is 10.0 Å². The fraction of sp³-hybridized carbons (Fsp3) is 0.562. The standard InChI is InChI=1S/C16H22N2O4/c1-17(14-8-6-12(11-19)7-9-14)16(20)10-13-4-2-3-5-15(13)18(21)22/h2-5,12,14,19H,6-11H2,1H3. The van der Waals surface area contributed by atoms with Gasteiger partial charge in [0, 0.05) is 31.3 Å². The van der Waals surface area contributed by atoms with Crippen LogP contribution in [0.25, 0.3) is 0 Å². The first-order valence-corrected chi connectivity index (χ1v) is 7.61. The summed E-state index contributed by atoms with van der Waals surface area (Å²) < 4.78 is 0. The van der Waals surface area contributed by atoms with Crippen molar-refractivity contribution in [1.82, 2.24) is 4.90 Å². The molecular formula is C16H22N2O4. The summed E-state index contributed by atoms with van der Waals surface area (Å²) >= 11 is 0. The predicted octanol–water partition coefficient (Wildman–Crippen LogP) is 2.15. The maximum Gasteiger partial charge on any atom is 0.273 e. The van der Waals surface area contributed by atoms with Crippen LogP contribution in [0.3, 0.4) is 0 Å². The molecule has 0 heterocycles. The summed E-state index contributed by atoms with van der Waals surface area (Å²) in [7, 11) is 1.76. The average molecular weight is 306 g/mol. The number of hydrogen-bond donors (Lipinski definition) is 1. The summed E-state index contributed by atoms with van der Waals surface area (Å²) in [6, 6.07) is 6.54. The fourth-order valence-corrected chi connectivity index (χ4v) is 3.04. The Morgan fingerprint density at radius 3 is 2.55 bits per heavy atom. The van der Waals surface area contributed by atoms with Crippen molar-refractivity contribution in [2.75, 3.05) is 13.7 Å². The van der Waals surface area contributed by atoms with E-state index in [4.69, 9.17) is 5.11 Å². The molecule has 0 bridgehead atoms. The van der Waals surface area contributed by atoms with Crippen molar-refractivity contribution in [1.29, 1.82) is 0 Å². The largest absolute Gasteiger partial charge is 0.396 e. The molecule has 1 aromatic rings. The monoisotopic (exact) mass is 306 g/mol. The topological polar surface area (TPSA) is 83.7 Å². The number of carbonyl (C=O) groups is 1. The van der Waals surface area contributed by atoms with Crippen LogP contribution >= 0.6 is 0 Å². The Hall–Kier alpha value is -1.95. The molecular weight excluding hydrogens is 284 g/mol. The minimum atomic E-state index is -0.449. The molecule has 0 saturated heterocycles. The van der Waals surface area contributed by atoms with Gasteiger partial charge in [-0.25, -0.2) is 0 Å². The highest BCUT2D eigenvalue weighted by Gasteiger charge is 2.27. The number of benzene rings is 1. The predicted molar refractivity (Wildman–Crippen MR) is 82.4 cm³/mol. The molecule has 6 nitrogen and oxygen atoms in total. The Bertz CT molecular complexity index is 539. The molecule has 2 rings (SSSR count). The van der Waals surface area contributed by atoms with Crippen molar-refractivity contribution in [3.8, 4) is 0 Å². The summed E-state index contributed by atoms with van der Waals surface area (Å²) in [5.74, 6) is 0.247. The van der Waals surface area contributed by atoms with Crippen molar-refractivity contribution in [3.05, 3.63) is 39.9 Å². The molecule has 0 aliphatic heterocycles. The first-order chi connectivity index (χ1) is 10.5. The van der Waals surface area contributed by atoms with Crippen molar-refractivity contribution >= 4 is 11.6 Å². The Morgan fingerprint density at radius 1 is 1.32 bits per heavy atom. The zero-order valence-corrected chi connectivity index (χ0v) is 12.8. The highest BCUT2D eigenvalue weighted by Crippen LogP contribution is 2.27. The van der Waals surface area contributed by atoms with Crippen LogP contribution in [0.2, 0.25) is 0 Å². The van der Waals surface area contributed by atoms with Crippen LogP contribution < -0.4 is 0 Å². The van der Waals surface area contributed by atoms with Crippen molar-refractivity contribution < 1.29 is 14.8 Å². The lowest BCUT2D eigenvalue weighted by Crippen LogP contribution is -2.40. The first kappa shape index (κ1) is 16.4. The van der Waals surface area contributed by atoms with E-state index in [9.17, 15) is 14.9 Å². The quantitative estimate of drug-likeness (QED) is 0.667. The minimum absolute atomic E-state index is 0.00626. The van der Waals surface area contributed by atoms with E-state index >= 15 is 0 Å². The molecule has 1 fully saturated rings. The van der Waals surface area contributed by atoms with E-state index in [0.29, 0.717) is 11.5 Å². The van der Waals surface area contributed by atoms with Gasteiger partial charge in [-0.05, 0) is 31.6 Å². The lowest BCUT2D eigenvalue weighted by molar-refractivity contribution is -0.385. The Morgan fingerprint density at radius 2 is 1.95 bits per heavy atom. The number of nitro benzene ring substituents is 1. The minimum Gasteiger partial charge on any atom is -0.396 e. The molecule has 1 aromatic carbocycles. The van der Waals surface area contributed by atoms with Gasteiger partial charge in [-0.1, -0.05) is 18.2 Å². The van der Waals surface area contributed by atoms with E-state index in [-0.39, 0.29) is 30.7 Å². The normalized spacial score (nSPS) is 21.4. The summed E-state index contributed by atoms with van der Waals surface area (Å²) in [4.78, 5) is 24.7. The Balaban J connectivity index is 1.99. The lowest BCUT2D eigenvalue weighted by Gasteiger charge is -2.34. The molecule has 0 unspecified atom stereocenters. The second-order valence-corrected chi connectivity index (χ2v) is 5.92. The van der Waals surface area contributed by atoms with E-state index < -0.39 is 4.92 Å². The number of likely N-dealkylation sites (N-methyl/N-ethyl adjacent to an activating group) is 1. The molecule has 1 aliphatic carbocycles. The maximum absolute atomic E-state index is 12.4.